The minimum absolute atomic E-state index is 0.0453. The van der Waals surface area contributed by atoms with Gasteiger partial charge in [0.25, 0.3) is 0 Å². The van der Waals surface area contributed by atoms with Crippen molar-refractivity contribution in [3.05, 3.63) is 48.6 Å². The topological polar surface area (TPSA) is 51.2 Å². The lowest BCUT2D eigenvalue weighted by atomic mass is 9.99. The molecule has 0 radical (unpaired) electrons. The molecule has 3 aliphatic rings. The van der Waals surface area contributed by atoms with E-state index in [0.717, 1.165) is 18.4 Å². The summed E-state index contributed by atoms with van der Waals surface area (Å²) in [7, 11) is 0. The van der Waals surface area contributed by atoms with Crippen molar-refractivity contribution in [3.8, 4) is 0 Å². The van der Waals surface area contributed by atoms with Gasteiger partial charge in [-0.3, -0.25) is 4.84 Å². The first kappa shape index (κ1) is 14.7. The number of fused-ring (bicyclic) bond motifs is 2. The van der Waals surface area contributed by atoms with Gasteiger partial charge in [0.15, 0.2) is 12.6 Å². The maximum atomic E-state index is 12.5. The van der Waals surface area contributed by atoms with Crippen molar-refractivity contribution in [2.24, 2.45) is 0 Å². The first-order chi connectivity index (χ1) is 11.3. The van der Waals surface area contributed by atoms with E-state index in [4.69, 9.17) is 14.3 Å². The van der Waals surface area contributed by atoms with Gasteiger partial charge >= 0.3 is 6.03 Å². The Bertz CT molecular complexity index is 588. The van der Waals surface area contributed by atoms with E-state index in [9.17, 15) is 4.79 Å². The molecule has 3 heterocycles. The molecule has 0 aliphatic carbocycles. The van der Waals surface area contributed by atoms with E-state index < -0.39 is 0 Å². The SMILES string of the molecule is C=CCON1C(=O)N2C[C@H]1CC[C@H]2C1OC(c2ccccc2)O1. The number of carbonyl (C=O) groups is 1. The number of benzene rings is 1. The van der Waals surface area contributed by atoms with E-state index in [2.05, 4.69) is 6.58 Å². The zero-order chi connectivity index (χ0) is 15.8. The number of hydrogen-bond acceptors (Lipinski definition) is 4. The van der Waals surface area contributed by atoms with E-state index in [0.29, 0.717) is 13.2 Å². The van der Waals surface area contributed by atoms with Crippen LogP contribution in [-0.2, 0) is 14.3 Å². The minimum atomic E-state index is -0.357. The second kappa shape index (κ2) is 5.96. The smallest absolute Gasteiger partial charge is 0.317 e. The Hall–Kier alpha value is -1.89. The van der Waals surface area contributed by atoms with Crippen molar-refractivity contribution in [2.75, 3.05) is 13.2 Å². The van der Waals surface area contributed by atoms with E-state index in [-0.39, 0.29) is 30.7 Å². The number of nitrogens with zero attached hydrogens (tertiary/aromatic N) is 2. The highest BCUT2D eigenvalue weighted by molar-refractivity contribution is 5.77. The fraction of sp³-hybridized carbons (Fsp3) is 0.471. The van der Waals surface area contributed by atoms with Crippen LogP contribution in [0.4, 0.5) is 4.79 Å². The van der Waals surface area contributed by atoms with Crippen LogP contribution in [-0.4, -0.2) is 47.5 Å². The maximum absolute atomic E-state index is 12.5. The molecule has 2 bridgehead atoms. The lowest BCUT2D eigenvalue weighted by molar-refractivity contribution is -0.404. The van der Waals surface area contributed by atoms with Gasteiger partial charge in [0.2, 0.25) is 0 Å². The largest absolute Gasteiger partial charge is 0.344 e. The first-order valence-electron chi connectivity index (χ1n) is 7.97. The summed E-state index contributed by atoms with van der Waals surface area (Å²) in [6.45, 7) is 4.63. The highest BCUT2D eigenvalue weighted by Gasteiger charge is 2.51. The van der Waals surface area contributed by atoms with Crippen molar-refractivity contribution in [1.82, 2.24) is 9.96 Å². The number of ether oxygens (including phenoxy) is 2. The normalized spacial score (nSPS) is 32.8. The van der Waals surface area contributed by atoms with Crippen LogP contribution in [0.5, 0.6) is 0 Å². The molecule has 1 aromatic rings. The maximum Gasteiger partial charge on any atom is 0.344 e. The molecule has 0 N–H and O–H groups in total. The molecule has 0 saturated carbocycles. The van der Waals surface area contributed by atoms with Crippen molar-refractivity contribution in [2.45, 2.75) is 37.5 Å². The van der Waals surface area contributed by atoms with Gasteiger partial charge in [0.1, 0.15) is 0 Å². The van der Waals surface area contributed by atoms with Crippen LogP contribution in [0.2, 0.25) is 0 Å². The minimum Gasteiger partial charge on any atom is -0.317 e. The average Bonchev–Trinajstić information content (AvgIpc) is 2.79. The second-order valence-corrected chi connectivity index (χ2v) is 6.03. The van der Waals surface area contributed by atoms with Gasteiger partial charge in [-0.25, -0.2) is 4.79 Å². The van der Waals surface area contributed by atoms with Crippen LogP contribution < -0.4 is 0 Å². The van der Waals surface area contributed by atoms with Gasteiger partial charge in [-0.1, -0.05) is 36.4 Å². The van der Waals surface area contributed by atoms with E-state index in [1.165, 1.54) is 5.06 Å². The van der Waals surface area contributed by atoms with E-state index >= 15 is 0 Å². The molecule has 2 atom stereocenters. The Labute approximate surface area is 135 Å². The number of urea groups is 1. The Morgan fingerprint density at radius 2 is 2.04 bits per heavy atom. The quantitative estimate of drug-likeness (QED) is 0.783. The monoisotopic (exact) mass is 316 g/mol. The van der Waals surface area contributed by atoms with Gasteiger partial charge in [0.05, 0.1) is 18.7 Å². The summed E-state index contributed by atoms with van der Waals surface area (Å²) < 4.78 is 11.8. The zero-order valence-electron chi connectivity index (χ0n) is 12.8. The summed E-state index contributed by atoms with van der Waals surface area (Å²) in [6, 6.07) is 9.79. The molecule has 23 heavy (non-hydrogen) atoms. The molecule has 4 rings (SSSR count). The molecule has 6 heteroatoms. The second-order valence-electron chi connectivity index (χ2n) is 6.03. The Balaban J connectivity index is 1.39. The fourth-order valence-corrected chi connectivity index (χ4v) is 3.45. The fourth-order valence-electron chi connectivity index (χ4n) is 3.45. The number of piperidine rings is 1. The molecule has 3 fully saturated rings. The summed E-state index contributed by atoms with van der Waals surface area (Å²) in [5.41, 5.74) is 1.00. The highest BCUT2D eigenvalue weighted by atomic mass is 16.9. The third-order valence-corrected chi connectivity index (χ3v) is 4.60. The molecule has 122 valence electrons. The number of carbonyl (C=O) groups excluding carboxylic acids is 1. The Kier molecular flexibility index (Phi) is 3.80. The van der Waals surface area contributed by atoms with Crippen LogP contribution >= 0.6 is 0 Å². The van der Waals surface area contributed by atoms with E-state index in [1.54, 1.807) is 6.08 Å². The molecule has 6 nitrogen and oxygen atoms in total. The Morgan fingerprint density at radius 1 is 1.26 bits per heavy atom. The van der Waals surface area contributed by atoms with Crippen molar-refractivity contribution >= 4 is 6.03 Å². The van der Waals surface area contributed by atoms with Gasteiger partial charge in [-0.05, 0) is 12.8 Å². The van der Waals surface area contributed by atoms with Gasteiger partial charge in [-0.15, -0.1) is 6.58 Å². The third kappa shape index (κ3) is 2.52. The lowest BCUT2D eigenvalue weighted by Gasteiger charge is -2.44. The lowest BCUT2D eigenvalue weighted by Crippen LogP contribution is -2.54. The summed E-state index contributed by atoms with van der Waals surface area (Å²) in [6.07, 6.45) is 2.71. The van der Waals surface area contributed by atoms with Crippen molar-refractivity contribution in [3.63, 3.8) is 0 Å². The predicted molar refractivity (Wildman–Crippen MR) is 82.0 cm³/mol. The van der Waals surface area contributed by atoms with Gasteiger partial charge in [0, 0.05) is 12.1 Å². The van der Waals surface area contributed by atoms with Gasteiger partial charge < -0.3 is 14.4 Å². The molecule has 2 amide bonds. The standard InChI is InChI=1S/C17H20N2O4/c1-2-10-21-19-13-8-9-14(18(11-13)17(19)20)16-22-15(23-16)12-6-4-3-5-7-12/h2-7,13-16H,1,8-11H2/t13-,14+,15?,16?/m1/s1. The average molecular weight is 316 g/mol. The van der Waals surface area contributed by atoms with Crippen LogP contribution in [0.25, 0.3) is 0 Å². The van der Waals surface area contributed by atoms with Crippen LogP contribution in [0, 0.1) is 0 Å². The molecule has 0 aromatic heterocycles. The number of hydrogen-bond donors (Lipinski definition) is 0. The first-order valence-corrected chi connectivity index (χ1v) is 7.97. The number of rotatable bonds is 5. The van der Waals surface area contributed by atoms with Crippen LogP contribution in [0.15, 0.2) is 43.0 Å². The molecule has 3 aliphatic heterocycles. The summed E-state index contributed by atoms with van der Waals surface area (Å²) in [5, 5.41) is 1.48. The molecular weight excluding hydrogens is 296 g/mol. The predicted octanol–water partition coefficient (Wildman–Crippen LogP) is 2.44. The summed E-state index contributed by atoms with van der Waals surface area (Å²) >= 11 is 0. The molecular formula is C17H20N2O4. The van der Waals surface area contributed by atoms with Crippen molar-refractivity contribution in [1.29, 1.82) is 0 Å². The summed E-state index contributed by atoms with van der Waals surface area (Å²) in [4.78, 5) is 19.8. The molecule has 0 spiro atoms. The number of hydroxylamine groups is 2. The van der Waals surface area contributed by atoms with E-state index in [1.807, 2.05) is 35.2 Å². The van der Waals surface area contributed by atoms with Crippen molar-refractivity contribution < 1.29 is 19.1 Å². The molecule has 1 aromatic carbocycles. The molecule has 0 unspecified atom stereocenters. The van der Waals surface area contributed by atoms with Gasteiger partial charge in [-0.2, -0.15) is 5.06 Å². The summed E-state index contributed by atoms with van der Waals surface area (Å²) in [5.74, 6) is 0. The zero-order valence-corrected chi connectivity index (χ0v) is 12.8. The Morgan fingerprint density at radius 3 is 2.78 bits per heavy atom. The highest BCUT2D eigenvalue weighted by Crippen LogP contribution is 2.40. The van der Waals surface area contributed by atoms with Crippen LogP contribution in [0.3, 0.4) is 0 Å². The van der Waals surface area contributed by atoms with Crippen LogP contribution in [0.1, 0.15) is 24.7 Å². The molecule has 3 saturated heterocycles. The third-order valence-electron chi connectivity index (χ3n) is 4.60. The number of amides is 2.